The Kier molecular flexibility index (Phi) is 6.31. The number of nitrogens with one attached hydrogen (secondary N) is 1. The first-order valence-corrected chi connectivity index (χ1v) is 11.4. The Labute approximate surface area is 204 Å². The Morgan fingerprint density at radius 2 is 1.83 bits per heavy atom. The van der Waals surface area contributed by atoms with Crippen LogP contribution in [0, 0.1) is 0 Å². The van der Waals surface area contributed by atoms with Crippen LogP contribution < -0.4 is 26.0 Å². The number of rotatable bonds is 7. The van der Waals surface area contributed by atoms with E-state index < -0.39 is 11.2 Å². The van der Waals surface area contributed by atoms with Gasteiger partial charge in [-0.15, -0.1) is 0 Å². The fraction of sp³-hybridized carbons (Fsp3) is 0.250. The second kappa shape index (κ2) is 9.86. The lowest BCUT2D eigenvalue weighted by Crippen LogP contribution is -2.41. The summed E-state index contributed by atoms with van der Waals surface area (Å²) in [7, 11) is 0. The van der Waals surface area contributed by atoms with E-state index in [1.807, 2.05) is 0 Å². The molecule has 2 aromatic carbocycles. The molecule has 1 amide bonds. The summed E-state index contributed by atoms with van der Waals surface area (Å²) < 4.78 is 18.4. The van der Waals surface area contributed by atoms with E-state index in [9.17, 15) is 14.4 Å². The summed E-state index contributed by atoms with van der Waals surface area (Å²) in [6, 6.07) is 13.9. The lowest BCUT2D eigenvalue weighted by atomic mass is 10.2. The van der Waals surface area contributed by atoms with Gasteiger partial charge in [-0.2, -0.15) is 14.8 Å². The average Bonchev–Trinajstić information content (AvgIpc) is 3.37. The van der Waals surface area contributed by atoms with Crippen LogP contribution in [0.5, 0.6) is 11.5 Å². The van der Waals surface area contributed by atoms with Gasteiger partial charge in [0.05, 0.1) is 5.69 Å². The number of carbonyl (C=O) groups excluding carboxylic acids is 1. The molecular weight excluding hydrogens is 468 g/mol. The Morgan fingerprint density at radius 3 is 2.61 bits per heavy atom. The van der Waals surface area contributed by atoms with Crippen molar-refractivity contribution in [1.29, 1.82) is 0 Å². The van der Waals surface area contributed by atoms with Crippen molar-refractivity contribution < 1.29 is 18.8 Å². The zero-order chi connectivity index (χ0) is 25.1. The first-order valence-electron chi connectivity index (χ1n) is 11.4. The summed E-state index contributed by atoms with van der Waals surface area (Å²) in [6.07, 6.45) is 0.204. The lowest BCUT2D eigenvalue weighted by molar-refractivity contribution is -0.116. The highest BCUT2D eigenvalue weighted by Gasteiger charge is 2.20. The number of nitrogens with zero attached hydrogens (tertiary/aromatic N) is 5. The van der Waals surface area contributed by atoms with Gasteiger partial charge in [0.1, 0.15) is 13.2 Å². The SMILES string of the molecule is CCn1c(=O)c(-c2noc(CCC(=O)Nc3ccc4c(c3)OCCO4)n2)nn(-c2ccccc2)c1=O. The molecule has 0 atom stereocenters. The van der Waals surface area contributed by atoms with Crippen molar-refractivity contribution in [3.63, 3.8) is 0 Å². The molecule has 3 heterocycles. The first kappa shape index (κ1) is 23.0. The number of ether oxygens (including phenoxy) is 2. The highest BCUT2D eigenvalue weighted by molar-refractivity contribution is 5.91. The van der Waals surface area contributed by atoms with Crippen molar-refractivity contribution in [2.75, 3.05) is 18.5 Å². The van der Waals surface area contributed by atoms with Crippen molar-refractivity contribution in [3.05, 3.63) is 75.3 Å². The number of carbonyl (C=O) groups is 1. The number of amides is 1. The fourth-order valence-corrected chi connectivity index (χ4v) is 3.69. The molecule has 184 valence electrons. The molecule has 12 nitrogen and oxygen atoms in total. The van der Waals surface area contributed by atoms with Gasteiger partial charge in [0.2, 0.25) is 17.6 Å². The van der Waals surface area contributed by atoms with Crippen LogP contribution in [0.15, 0.2) is 62.6 Å². The topological polar surface area (TPSA) is 143 Å². The molecule has 0 spiro atoms. The summed E-state index contributed by atoms with van der Waals surface area (Å²) in [4.78, 5) is 42.3. The molecule has 0 saturated heterocycles. The number of anilines is 1. The highest BCUT2D eigenvalue weighted by atomic mass is 16.6. The van der Waals surface area contributed by atoms with Gasteiger partial charge in [-0.1, -0.05) is 23.4 Å². The Morgan fingerprint density at radius 1 is 1.06 bits per heavy atom. The summed E-state index contributed by atoms with van der Waals surface area (Å²) in [5.74, 6) is 1.03. The van der Waals surface area contributed by atoms with Crippen LogP contribution in [-0.2, 0) is 17.8 Å². The number of aryl methyl sites for hydroxylation is 1. The zero-order valence-electron chi connectivity index (χ0n) is 19.3. The maximum atomic E-state index is 12.9. The molecule has 1 N–H and O–H groups in total. The number of benzene rings is 2. The first-order chi connectivity index (χ1) is 17.5. The third kappa shape index (κ3) is 4.60. The minimum Gasteiger partial charge on any atom is -0.486 e. The van der Waals surface area contributed by atoms with Gasteiger partial charge in [-0.25, -0.2) is 4.79 Å². The Balaban J connectivity index is 1.32. The third-order valence-electron chi connectivity index (χ3n) is 5.45. The maximum absolute atomic E-state index is 12.9. The van der Waals surface area contributed by atoms with Crippen molar-refractivity contribution in [3.8, 4) is 28.7 Å². The van der Waals surface area contributed by atoms with E-state index in [1.54, 1.807) is 55.5 Å². The van der Waals surface area contributed by atoms with Gasteiger partial charge in [-0.3, -0.25) is 14.2 Å². The molecule has 0 bridgehead atoms. The van der Waals surface area contributed by atoms with E-state index in [2.05, 4.69) is 20.6 Å². The summed E-state index contributed by atoms with van der Waals surface area (Å²) >= 11 is 0. The molecule has 0 radical (unpaired) electrons. The van der Waals surface area contributed by atoms with E-state index >= 15 is 0 Å². The smallest absolute Gasteiger partial charge is 0.352 e. The van der Waals surface area contributed by atoms with Crippen LogP contribution in [0.3, 0.4) is 0 Å². The van der Waals surface area contributed by atoms with Crippen LogP contribution in [0.2, 0.25) is 0 Å². The van der Waals surface area contributed by atoms with Crippen LogP contribution in [0.4, 0.5) is 5.69 Å². The monoisotopic (exact) mass is 490 g/mol. The van der Waals surface area contributed by atoms with Gasteiger partial charge in [0, 0.05) is 31.1 Å². The van der Waals surface area contributed by atoms with E-state index in [-0.39, 0.29) is 42.7 Å². The van der Waals surface area contributed by atoms with Gasteiger partial charge in [0.15, 0.2) is 17.2 Å². The molecule has 2 aromatic heterocycles. The largest absolute Gasteiger partial charge is 0.486 e. The fourth-order valence-electron chi connectivity index (χ4n) is 3.69. The van der Waals surface area contributed by atoms with E-state index in [0.717, 1.165) is 9.25 Å². The van der Waals surface area contributed by atoms with Crippen molar-refractivity contribution in [1.82, 2.24) is 24.5 Å². The average molecular weight is 490 g/mol. The van der Waals surface area contributed by atoms with Crippen LogP contribution >= 0.6 is 0 Å². The van der Waals surface area contributed by atoms with Crippen molar-refractivity contribution in [2.45, 2.75) is 26.3 Å². The van der Waals surface area contributed by atoms with Crippen LogP contribution in [0.1, 0.15) is 19.2 Å². The molecule has 0 aliphatic carbocycles. The number of hydrogen-bond donors (Lipinski definition) is 1. The van der Waals surface area contributed by atoms with Gasteiger partial charge in [-0.05, 0) is 31.2 Å². The standard InChI is InChI=1S/C24H22N6O6/c1-2-29-23(32)21(27-30(24(29)33)16-6-4-3-5-7-16)22-26-20(36-28-22)11-10-19(31)25-15-8-9-17-18(14-15)35-13-12-34-17/h3-9,14H,2,10-13H2,1H3,(H,25,31). The molecule has 36 heavy (non-hydrogen) atoms. The number of aromatic nitrogens is 5. The maximum Gasteiger partial charge on any atom is 0.352 e. The second-order valence-electron chi connectivity index (χ2n) is 7.85. The zero-order valence-corrected chi connectivity index (χ0v) is 19.3. The van der Waals surface area contributed by atoms with Gasteiger partial charge < -0.3 is 19.3 Å². The quantitative estimate of drug-likeness (QED) is 0.410. The molecule has 0 fully saturated rings. The third-order valence-corrected chi connectivity index (χ3v) is 5.45. The van der Waals surface area contributed by atoms with Crippen molar-refractivity contribution in [2.24, 2.45) is 0 Å². The number of hydrogen-bond acceptors (Lipinski definition) is 9. The molecule has 1 aliphatic rings. The minimum atomic E-state index is -0.626. The second-order valence-corrected chi connectivity index (χ2v) is 7.85. The minimum absolute atomic E-state index is 0.0610. The lowest BCUT2D eigenvalue weighted by Gasteiger charge is -2.18. The molecule has 5 rings (SSSR count). The molecule has 4 aromatic rings. The highest BCUT2D eigenvalue weighted by Crippen LogP contribution is 2.32. The summed E-state index contributed by atoms with van der Waals surface area (Å²) in [5, 5.41) is 10.9. The Bertz CT molecular complexity index is 1520. The van der Waals surface area contributed by atoms with Crippen molar-refractivity contribution >= 4 is 11.6 Å². The molecule has 0 saturated carbocycles. The predicted molar refractivity (Wildman–Crippen MR) is 127 cm³/mol. The van der Waals surface area contributed by atoms with Gasteiger partial charge in [0.25, 0.3) is 5.56 Å². The molecule has 12 heteroatoms. The normalized spacial score (nSPS) is 12.4. The van der Waals surface area contributed by atoms with E-state index in [0.29, 0.717) is 36.1 Å². The Hall–Kier alpha value is -4.74. The number of fused-ring (bicyclic) bond motifs is 1. The number of para-hydroxylation sites is 1. The van der Waals surface area contributed by atoms with Crippen LogP contribution in [-0.4, -0.2) is 43.6 Å². The van der Waals surface area contributed by atoms with E-state index in [4.69, 9.17) is 14.0 Å². The van der Waals surface area contributed by atoms with Gasteiger partial charge >= 0.3 is 5.69 Å². The van der Waals surface area contributed by atoms with Crippen LogP contribution in [0.25, 0.3) is 17.2 Å². The molecule has 0 unspecified atom stereocenters. The molecular formula is C24H22N6O6. The predicted octanol–water partition coefficient (Wildman–Crippen LogP) is 1.81. The van der Waals surface area contributed by atoms with E-state index in [1.165, 1.54) is 0 Å². The summed E-state index contributed by atoms with van der Waals surface area (Å²) in [5.41, 5.74) is -0.264. The summed E-state index contributed by atoms with van der Waals surface area (Å²) in [6.45, 7) is 2.76. The molecule has 1 aliphatic heterocycles.